The zero-order chi connectivity index (χ0) is 19.0. The Morgan fingerprint density at radius 3 is 2.67 bits per heavy atom. The number of aromatic nitrogens is 4. The maximum atomic E-state index is 12.3. The van der Waals surface area contributed by atoms with Crippen LogP contribution in [0.2, 0.25) is 0 Å². The van der Waals surface area contributed by atoms with E-state index >= 15 is 0 Å². The molecule has 1 aliphatic heterocycles. The van der Waals surface area contributed by atoms with Crippen molar-refractivity contribution in [1.82, 2.24) is 19.7 Å². The van der Waals surface area contributed by atoms with E-state index in [1.807, 2.05) is 30.3 Å². The third-order valence-electron chi connectivity index (χ3n) is 4.55. The highest BCUT2D eigenvalue weighted by atomic mass is 16.5. The number of rotatable bonds is 3. The van der Waals surface area contributed by atoms with Crippen molar-refractivity contribution in [2.45, 2.75) is 12.3 Å². The van der Waals surface area contributed by atoms with Gasteiger partial charge in [0.05, 0.1) is 30.9 Å². The summed E-state index contributed by atoms with van der Waals surface area (Å²) in [5, 5.41) is 7.51. The van der Waals surface area contributed by atoms with Crippen LogP contribution in [0.3, 0.4) is 0 Å². The molecule has 27 heavy (non-hydrogen) atoms. The molecule has 4 rings (SSSR count). The van der Waals surface area contributed by atoms with Crippen molar-refractivity contribution in [1.29, 1.82) is 0 Å². The predicted molar refractivity (Wildman–Crippen MR) is 97.1 cm³/mol. The number of methoxy groups -OCH3 is 1. The third-order valence-corrected chi connectivity index (χ3v) is 4.55. The fourth-order valence-electron chi connectivity index (χ4n) is 3.28. The molecule has 136 valence electrons. The summed E-state index contributed by atoms with van der Waals surface area (Å²) >= 11 is 0. The van der Waals surface area contributed by atoms with Gasteiger partial charge >= 0.3 is 5.97 Å². The second-order valence-electron chi connectivity index (χ2n) is 6.22. The Morgan fingerprint density at radius 1 is 1.22 bits per heavy atom. The number of nitrogens with zero attached hydrogens (tertiary/aromatic N) is 4. The molecular formula is C19H17N5O3. The van der Waals surface area contributed by atoms with Crippen molar-refractivity contribution in [3.8, 4) is 11.3 Å². The fourth-order valence-corrected chi connectivity index (χ4v) is 3.28. The minimum atomic E-state index is -0.553. The average molecular weight is 363 g/mol. The Hall–Kier alpha value is -3.55. The molecule has 8 nitrogen and oxygen atoms in total. The maximum absolute atomic E-state index is 12.3. The zero-order valence-electron chi connectivity index (χ0n) is 14.8. The monoisotopic (exact) mass is 363 g/mol. The quantitative estimate of drug-likeness (QED) is 0.716. The third kappa shape index (κ3) is 2.95. The van der Waals surface area contributed by atoms with Crippen LogP contribution in [0.25, 0.3) is 11.3 Å². The molecule has 8 heteroatoms. The Labute approximate surface area is 155 Å². The first kappa shape index (κ1) is 16.9. The Bertz CT molecular complexity index is 1010. The molecular weight excluding hydrogens is 346 g/mol. The van der Waals surface area contributed by atoms with Gasteiger partial charge in [-0.05, 0) is 0 Å². The fraction of sp³-hybridized carbons (Fsp3) is 0.211. The Kier molecular flexibility index (Phi) is 4.15. The largest absolute Gasteiger partial charge is 0.464 e. The van der Waals surface area contributed by atoms with E-state index in [9.17, 15) is 9.59 Å². The lowest BCUT2D eigenvalue weighted by molar-refractivity contribution is -0.116. The number of hydrogen-bond donors (Lipinski definition) is 1. The molecule has 0 bridgehead atoms. The SMILES string of the molecule is COC(=O)c1cnc(C2CC(=O)Nc3c2c(-c2ccccc2)nn3C)cn1. The second-order valence-corrected chi connectivity index (χ2v) is 6.22. The van der Waals surface area contributed by atoms with Gasteiger partial charge in [-0.2, -0.15) is 5.10 Å². The minimum absolute atomic E-state index is 0.117. The number of nitrogens with one attached hydrogen (secondary N) is 1. The average Bonchev–Trinajstić information content (AvgIpc) is 3.04. The molecule has 0 saturated heterocycles. The number of benzene rings is 1. The molecule has 0 saturated carbocycles. The highest BCUT2D eigenvalue weighted by Crippen LogP contribution is 2.41. The van der Waals surface area contributed by atoms with E-state index in [1.165, 1.54) is 19.5 Å². The number of esters is 1. The zero-order valence-corrected chi connectivity index (χ0v) is 14.8. The molecule has 2 aromatic heterocycles. The van der Waals surface area contributed by atoms with Crippen molar-refractivity contribution < 1.29 is 14.3 Å². The summed E-state index contributed by atoms with van der Waals surface area (Å²) in [7, 11) is 3.08. The highest BCUT2D eigenvalue weighted by Gasteiger charge is 2.34. The molecule has 3 heterocycles. The molecule has 1 atom stereocenters. The molecule has 1 aromatic carbocycles. The highest BCUT2D eigenvalue weighted by molar-refractivity contribution is 5.96. The Balaban J connectivity index is 1.83. The lowest BCUT2D eigenvalue weighted by Crippen LogP contribution is -2.25. The van der Waals surface area contributed by atoms with Gasteiger partial charge in [-0.3, -0.25) is 14.5 Å². The number of ether oxygens (including phenoxy) is 1. The van der Waals surface area contributed by atoms with Crippen LogP contribution in [0.15, 0.2) is 42.7 Å². The van der Waals surface area contributed by atoms with Crippen molar-refractivity contribution in [2.24, 2.45) is 7.05 Å². The van der Waals surface area contributed by atoms with Gasteiger partial charge in [-0.25, -0.2) is 9.78 Å². The van der Waals surface area contributed by atoms with E-state index in [1.54, 1.807) is 11.7 Å². The van der Waals surface area contributed by atoms with Gasteiger partial charge in [-0.1, -0.05) is 30.3 Å². The normalized spacial score (nSPS) is 15.8. The first-order valence-electron chi connectivity index (χ1n) is 8.41. The van der Waals surface area contributed by atoms with E-state index in [0.717, 1.165) is 16.8 Å². The van der Waals surface area contributed by atoms with Crippen LogP contribution < -0.4 is 5.32 Å². The number of fused-ring (bicyclic) bond motifs is 1. The second kappa shape index (κ2) is 6.64. The van der Waals surface area contributed by atoms with Crippen LogP contribution in [0, 0.1) is 0 Å². The summed E-state index contributed by atoms with van der Waals surface area (Å²) < 4.78 is 6.32. The number of hydrogen-bond acceptors (Lipinski definition) is 6. The standard InChI is InChI=1S/C19H17N5O3/c1-24-18-16(17(23-24)11-6-4-3-5-7-11)12(8-15(25)22-18)13-9-21-14(10-20-13)19(26)27-2/h3-7,9-10,12H,8H2,1-2H3,(H,22,25). The van der Waals surface area contributed by atoms with Crippen molar-refractivity contribution in [2.75, 3.05) is 12.4 Å². The molecule has 1 aliphatic rings. The molecule has 1 N–H and O–H groups in total. The minimum Gasteiger partial charge on any atom is -0.464 e. The number of amides is 1. The first-order valence-corrected chi connectivity index (χ1v) is 8.41. The van der Waals surface area contributed by atoms with Gasteiger partial charge in [0.15, 0.2) is 5.69 Å². The van der Waals surface area contributed by atoms with Gasteiger partial charge in [0.25, 0.3) is 0 Å². The topological polar surface area (TPSA) is 99.0 Å². The molecule has 0 radical (unpaired) electrons. The van der Waals surface area contributed by atoms with E-state index in [4.69, 9.17) is 0 Å². The molecule has 0 aliphatic carbocycles. The Morgan fingerprint density at radius 2 is 2.00 bits per heavy atom. The summed E-state index contributed by atoms with van der Waals surface area (Å²) in [5.74, 6) is -0.331. The molecule has 3 aromatic rings. The van der Waals surface area contributed by atoms with Crippen LogP contribution in [0.5, 0.6) is 0 Å². The smallest absolute Gasteiger partial charge is 0.358 e. The summed E-state index contributed by atoms with van der Waals surface area (Å²) in [4.78, 5) is 32.4. The molecule has 1 amide bonds. The van der Waals surface area contributed by atoms with Crippen molar-refractivity contribution in [3.63, 3.8) is 0 Å². The first-order chi connectivity index (χ1) is 13.1. The number of anilines is 1. The maximum Gasteiger partial charge on any atom is 0.358 e. The summed E-state index contributed by atoms with van der Waals surface area (Å²) in [6.07, 6.45) is 3.11. The van der Waals surface area contributed by atoms with Gasteiger partial charge in [-0.15, -0.1) is 0 Å². The van der Waals surface area contributed by atoms with Crippen molar-refractivity contribution in [3.05, 3.63) is 59.7 Å². The van der Waals surface area contributed by atoms with E-state index in [2.05, 4.69) is 25.1 Å². The van der Waals surface area contributed by atoms with Gasteiger partial charge < -0.3 is 10.1 Å². The van der Waals surface area contributed by atoms with E-state index < -0.39 is 5.97 Å². The summed E-state index contributed by atoms with van der Waals surface area (Å²) in [5.41, 5.74) is 3.36. The molecule has 1 unspecified atom stereocenters. The molecule has 0 fully saturated rings. The van der Waals surface area contributed by atoms with Crippen LogP contribution in [-0.4, -0.2) is 38.7 Å². The summed E-state index contributed by atoms with van der Waals surface area (Å²) in [6.45, 7) is 0. The number of aryl methyl sites for hydroxylation is 1. The van der Waals surface area contributed by atoms with Gasteiger partial charge in [0.1, 0.15) is 5.82 Å². The summed E-state index contributed by atoms with van der Waals surface area (Å²) in [6, 6.07) is 9.77. The van der Waals surface area contributed by atoms with Crippen LogP contribution in [0.1, 0.15) is 34.1 Å². The van der Waals surface area contributed by atoms with E-state index in [0.29, 0.717) is 11.5 Å². The lowest BCUT2D eigenvalue weighted by atomic mass is 9.87. The van der Waals surface area contributed by atoms with Crippen LogP contribution >= 0.6 is 0 Å². The van der Waals surface area contributed by atoms with Gasteiger partial charge in [0, 0.05) is 30.5 Å². The predicted octanol–water partition coefficient (Wildman–Crippen LogP) is 2.14. The lowest BCUT2D eigenvalue weighted by Gasteiger charge is -2.23. The van der Waals surface area contributed by atoms with Gasteiger partial charge in [0.2, 0.25) is 5.91 Å². The van der Waals surface area contributed by atoms with Crippen LogP contribution in [0.4, 0.5) is 5.82 Å². The van der Waals surface area contributed by atoms with Crippen LogP contribution in [-0.2, 0) is 16.6 Å². The molecule has 0 spiro atoms. The van der Waals surface area contributed by atoms with Crippen molar-refractivity contribution >= 4 is 17.7 Å². The number of carbonyl (C=O) groups excluding carboxylic acids is 2. The number of carbonyl (C=O) groups is 2. The van der Waals surface area contributed by atoms with E-state index in [-0.39, 0.29) is 23.9 Å².